The number of rotatable bonds is 7. The van der Waals surface area contributed by atoms with Gasteiger partial charge in [0.2, 0.25) is 10.0 Å². The predicted octanol–water partition coefficient (Wildman–Crippen LogP) is 3.60. The molecule has 0 atom stereocenters. The SMILES string of the molecule is CCN(CC)S(=O)(=O)c1ccc(Cl)c(C(=O)OCc2ccccc2C#N)c1. The van der Waals surface area contributed by atoms with Crippen LogP contribution in [-0.4, -0.2) is 31.8 Å². The molecule has 0 heterocycles. The van der Waals surface area contributed by atoms with Gasteiger partial charge in [0.1, 0.15) is 6.61 Å². The Morgan fingerprint density at radius 2 is 1.85 bits per heavy atom. The molecule has 0 amide bonds. The second-order valence-corrected chi connectivity index (χ2v) is 7.92. The van der Waals surface area contributed by atoms with Gasteiger partial charge in [-0.25, -0.2) is 13.2 Å². The number of sulfonamides is 1. The van der Waals surface area contributed by atoms with Crippen LogP contribution in [0, 0.1) is 11.3 Å². The second-order valence-electron chi connectivity index (χ2n) is 5.58. The first kappa shape index (κ1) is 20.9. The zero-order chi connectivity index (χ0) is 20.0. The molecule has 2 rings (SSSR count). The van der Waals surface area contributed by atoms with Crippen molar-refractivity contribution in [2.75, 3.05) is 13.1 Å². The van der Waals surface area contributed by atoms with Gasteiger partial charge in [-0.05, 0) is 24.3 Å². The van der Waals surface area contributed by atoms with Gasteiger partial charge >= 0.3 is 5.97 Å². The fourth-order valence-corrected chi connectivity index (χ4v) is 4.19. The molecule has 8 heteroatoms. The van der Waals surface area contributed by atoms with Crippen molar-refractivity contribution in [1.29, 1.82) is 5.26 Å². The van der Waals surface area contributed by atoms with Crippen LogP contribution in [0.15, 0.2) is 47.4 Å². The number of hydrogen-bond donors (Lipinski definition) is 0. The number of carbonyl (C=O) groups excluding carboxylic acids is 1. The van der Waals surface area contributed by atoms with E-state index >= 15 is 0 Å². The summed E-state index contributed by atoms with van der Waals surface area (Å²) in [5.41, 5.74) is 0.907. The van der Waals surface area contributed by atoms with E-state index in [9.17, 15) is 13.2 Å². The summed E-state index contributed by atoms with van der Waals surface area (Å²) in [7, 11) is -3.73. The Morgan fingerprint density at radius 3 is 2.48 bits per heavy atom. The van der Waals surface area contributed by atoms with Crippen LogP contribution in [-0.2, 0) is 21.4 Å². The van der Waals surface area contributed by atoms with Crippen molar-refractivity contribution in [1.82, 2.24) is 4.31 Å². The molecule has 0 aromatic heterocycles. The van der Waals surface area contributed by atoms with Gasteiger partial charge in [-0.3, -0.25) is 0 Å². The number of carbonyl (C=O) groups is 1. The fraction of sp³-hybridized carbons (Fsp3) is 0.263. The number of benzene rings is 2. The molecule has 0 aliphatic heterocycles. The molecule has 0 spiro atoms. The lowest BCUT2D eigenvalue weighted by atomic mass is 10.1. The van der Waals surface area contributed by atoms with E-state index in [1.165, 1.54) is 22.5 Å². The Labute approximate surface area is 164 Å². The van der Waals surface area contributed by atoms with E-state index in [-0.39, 0.29) is 22.1 Å². The van der Waals surface area contributed by atoms with Crippen molar-refractivity contribution in [2.45, 2.75) is 25.3 Å². The highest BCUT2D eigenvalue weighted by molar-refractivity contribution is 7.89. The Bertz CT molecular complexity index is 979. The van der Waals surface area contributed by atoms with Gasteiger partial charge in [-0.2, -0.15) is 9.57 Å². The molecule has 0 radical (unpaired) electrons. The number of halogens is 1. The summed E-state index contributed by atoms with van der Waals surface area (Å²) in [5, 5.41) is 9.18. The van der Waals surface area contributed by atoms with E-state index < -0.39 is 16.0 Å². The van der Waals surface area contributed by atoms with Crippen molar-refractivity contribution in [2.24, 2.45) is 0 Å². The zero-order valence-corrected chi connectivity index (χ0v) is 16.5. The molecule has 0 aliphatic rings. The summed E-state index contributed by atoms with van der Waals surface area (Å²) < 4.78 is 31.8. The van der Waals surface area contributed by atoms with Gasteiger partial charge in [0, 0.05) is 18.7 Å². The van der Waals surface area contributed by atoms with Gasteiger partial charge < -0.3 is 4.74 Å². The molecular weight excluding hydrogens is 388 g/mol. The Kier molecular flexibility index (Phi) is 6.97. The maximum absolute atomic E-state index is 12.6. The van der Waals surface area contributed by atoms with Gasteiger partial charge in [-0.15, -0.1) is 0 Å². The molecule has 6 nitrogen and oxygen atoms in total. The highest BCUT2D eigenvalue weighted by atomic mass is 35.5. The van der Waals surface area contributed by atoms with Gasteiger partial charge in [-0.1, -0.05) is 43.6 Å². The Hall–Kier alpha value is -2.40. The van der Waals surface area contributed by atoms with Crippen LogP contribution in [0.5, 0.6) is 0 Å². The zero-order valence-electron chi connectivity index (χ0n) is 15.0. The highest BCUT2D eigenvalue weighted by Gasteiger charge is 2.24. The summed E-state index contributed by atoms with van der Waals surface area (Å²) >= 11 is 6.07. The normalized spacial score (nSPS) is 11.2. The Balaban J connectivity index is 2.28. The van der Waals surface area contributed by atoms with E-state index in [1.54, 1.807) is 38.1 Å². The van der Waals surface area contributed by atoms with Crippen molar-refractivity contribution in [3.8, 4) is 6.07 Å². The number of esters is 1. The third-order valence-corrected chi connectivity index (χ3v) is 6.37. The van der Waals surface area contributed by atoms with E-state index in [4.69, 9.17) is 21.6 Å². The fourth-order valence-electron chi connectivity index (χ4n) is 2.51. The molecule has 0 N–H and O–H groups in total. The summed E-state index contributed by atoms with van der Waals surface area (Å²) in [6.07, 6.45) is 0. The molecular formula is C19H19ClN2O4S. The highest BCUT2D eigenvalue weighted by Crippen LogP contribution is 2.24. The molecule has 2 aromatic rings. The van der Waals surface area contributed by atoms with Crippen molar-refractivity contribution < 1.29 is 17.9 Å². The lowest BCUT2D eigenvalue weighted by Gasteiger charge is -2.19. The molecule has 0 fully saturated rings. The first-order valence-corrected chi connectivity index (χ1v) is 10.1. The van der Waals surface area contributed by atoms with Crippen LogP contribution in [0.3, 0.4) is 0 Å². The van der Waals surface area contributed by atoms with Crippen LogP contribution in [0.2, 0.25) is 5.02 Å². The van der Waals surface area contributed by atoms with E-state index in [1.807, 2.05) is 6.07 Å². The average Bonchev–Trinajstić information content (AvgIpc) is 2.67. The lowest BCUT2D eigenvalue weighted by molar-refractivity contribution is 0.0472. The maximum Gasteiger partial charge on any atom is 0.340 e. The minimum Gasteiger partial charge on any atom is -0.457 e. The number of ether oxygens (including phenoxy) is 1. The predicted molar refractivity (Wildman–Crippen MR) is 102 cm³/mol. The van der Waals surface area contributed by atoms with E-state index in [0.29, 0.717) is 24.2 Å². The van der Waals surface area contributed by atoms with Gasteiger partial charge in [0.05, 0.1) is 27.1 Å². The first-order chi connectivity index (χ1) is 12.8. The molecule has 2 aromatic carbocycles. The van der Waals surface area contributed by atoms with Crippen LogP contribution in [0.25, 0.3) is 0 Å². The third-order valence-electron chi connectivity index (χ3n) is 4.00. The Morgan fingerprint density at radius 1 is 1.19 bits per heavy atom. The molecule has 0 aliphatic carbocycles. The summed E-state index contributed by atoms with van der Waals surface area (Å²) in [5.74, 6) is -0.760. The number of hydrogen-bond acceptors (Lipinski definition) is 5. The van der Waals surface area contributed by atoms with E-state index in [0.717, 1.165) is 0 Å². The third kappa shape index (κ3) is 4.66. The maximum atomic E-state index is 12.6. The van der Waals surface area contributed by atoms with Gasteiger partial charge in [0.15, 0.2) is 0 Å². The smallest absolute Gasteiger partial charge is 0.340 e. The molecule has 27 heavy (non-hydrogen) atoms. The quantitative estimate of drug-likeness (QED) is 0.655. The topological polar surface area (TPSA) is 87.5 Å². The van der Waals surface area contributed by atoms with Crippen molar-refractivity contribution >= 4 is 27.6 Å². The monoisotopic (exact) mass is 406 g/mol. The van der Waals surface area contributed by atoms with Crippen LogP contribution >= 0.6 is 11.6 Å². The first-order valence-electron chi connectivity index (χ1n) is 8.30. The molecule has 0 saturated carbocycles. The summed E-state index contributed by atoms with van der Waals surface area (Å²) in [6, 6.07) is 12.7. The molecule has 142 valence electrons. The van der Waals surface area contributed by atoms with Crippen LogP contribution < -0.4 is 0 Å². The summed E-state index contributed by atoms with van der Waals surface area (Å²) in [6.45, 7) is 3.97. The van der Waals surface area contributed by atoms with Gasteiger partial charge in [0.25, 0.3) is 0 Å². The molecule has 0 saturated heterocycles. The number of nitrogens with zero attached hydrogens (tertiary/aromatic N) is 2. The van der Waals surface area contributed by atoms with Crippen molar-refractivity contribution in [3.63, 3.8) is 0 Å². The largest absolute Gasteiger partial charge is 0.457 e. The molecule has 0 bridgehead atoms. The lowest BCUT2D eigenvalue weighted by Crippen LogP contribution is -2.30. The minimum absolute atomic E-state index is 0.0278. The van der Waals surface area contributed by atoms with Crippen LogP contribution in [0.4, 0.5) is 0 Å². The van der Waals surface area contributed by atoms with E-state index in [2.05, 4.69) is 0 Å². The number of nitriles is 1. The minimum atomic E-state index is -3.73. The average molecular weight is 407 g/mol. The molecule has 0 unspecified atom stereocenters. The van der Waals surface area contributed by atoms with Crippen LogP contribution in [0.1, 0.15) is 35.3 Å². The summed E-state index contributed by atoms with van der Waals surface area (Å²) in [4.78, 5) is 12.4. The van der Waals surface area contributed by atoms with Crippen molar-refractivity contribution in [3.05, 3.63) is 64.2 Å². The standard InChI is InChI=1S/C19H19ClN2O4S/c1-3-22(4-2)27(24,25)16-9-10-18(20)17(11-16)19(23)26-13-15-8-6-5-7-14(15)12-21/h5-11H,3-4,13H2,1-2H3. The second kappa shape index (κ2) is 9.00.